The first-order valence-corrected chi connectivity index (χ1v) is 8.73. The van der Waals surface area contributed by atoms with Crippen LogP contribution in [0.15, 0.2) is 77.4 Å². The third-order valence-corrected chi connectivity index (χ3v) is 4.69. The molecule has 23 heavy (non-hydrogen) atoms. The van der Waals surface area contributed by atoms with Crippen LogP contribution in [0.4, 0.5) is 0 Å². The molecule has 118 valence electrons. The van der Waals surface area contributed by atoms with Crippen LogP contribution in [0, 0.1) is 0 Å². The van der Waals surface area contributed by atoms with Gasteiger partial charge in [0.05, 0.1) is 7.11 Å². The normalized spacial score (nSPS) is 13.5. The van der Waals surface area contributed by atoms with E-state index >= 15 is 0 Å². The van der Waals surface area contributed by atoms with Gasteiger partial charge in [-0.1, -0.05) is 36.4 Å². The summed E-state index contributed by atoms with van der Waals surface area (Å²) in [5, 5.41) is 0. The van der Waals surface area contributed by atoms with Crippen LogP contribution >= 0.6 is 11.8 Å². The van der Waals surface area contributed by atoms with E-state index in [0.717, 1.165) is 40.7 Å². The average Bonchev–Trinajstić information content (AvgIpc) is 2.62. The summed E-state index contributed by atoms with van der Waals surface area (Å²) in [4.78, 5) is 1.12. The number of ether oxygens (including phenoxy) is 2. The Kier molecular flexibility index (Phi) is 5.43. The first-order valence-electron chi connectivity index (χ1n) is 7.74. The van der Waals surface area contributed by atoms with Crippen molar-refractivity contribution in [3.63, 3.8) is 0 Å². The van der Waals surface area contributed by atoms with Crippen molar-refractivity contribution in [2.24, 2.45) is 0 Å². The summed E-state index contributed by atoms with van der Waals surface area (Å²) >= 11 is 1.77. The van der Waals surface area contributed by atoms with E-state index in [2.05, 4.69) is 42.5 Å². The van der Waals surface area contributed by atoms with Gasteiger partial charge >= 0.3 is 0 Å². The van der Waals surface area contributed by atoms with Gasteiger partial charge in [0.2, 0.25) is 0 Å². The molecule has 0 aromatic heterocycles. The molecule has 0 radical (unpaired) electrons. The van der Waals surface area contributed by atoms with Crippen molar-refractivity contribution < 1.29 is 9.47 Å². The highest BCUT2D eigenvalue weighted by Gasteiger charge is 2.08. The van der Waals surface area contributed by atoms with Gasteiger partial charge in [0, 0.05) is 16.7 Å². The maximum Gasteiger partial charge on any atom is 0.136 e. The lowest BCUT2D eigenvalue weighted by molar-refractivity contribution is 0.394. The first-order chi connectivity index (χ1) is 11.3. The van der Waals surface area contributed by atoms with E-state index in [-0.39, 0.29) is 0 Å². The smallest absolute Gasteiger partial charge is 0.136 e. The predicted molar refractivity (Wildman–Crippen MR) is 96.1 cm³/mol. The molecule has 0 unspecified atom stereocenters. The largest absolute Gasteiger partial charge is 0.495 e. The molecule has 0 amide bonds. The van der Waals surface area contributed by atoms with E-state index in [1.165, 1.54) is 5.56 Å². The molecule has 2 nitrogen and oxygen atoms in total. The Morgan fingerprint density at radius 1 is 1.04 bits per heavy atom. The summed E-state index contributed by atoms with van der Waals surface area (Å²) in [5.41, 5.74) is 1.30. The molecule has 1 aliphatic carbocycles. The van der Waals surface area contributed by atoms with Gasteiger partial charge in [0.15, 0.2) is 0 Å². The van der Waals surface area contributed by atoms with E-state index in [0.29, 0.717) is 0 Å². The number of thioether (sulfide) groups is 1. The van der Waals surface area contributed by atoms with Crippen LogP contribution in [0.25, 0.3) is 0 Å². The zero-order valence-corrected chi connectivity index (χ0v) is 14.0. The Bertz CT molecular complexity index is 705. The fourth-order valence-electron chi connectivity index (χ4n) is 2.37. The van der Waals surface area contributed by atoms with E-state index in [1.807, 2.05) is 24.3 Å². The predicted octanol–water partition coefficient (Wildman–Crippen LogP) is 5.60. The van der Waals surface area contributed by atoms with Gasteiger partial charge in [-0.05, 0) is 42.7 Å². The van der Waals surface area contributed by atoms with Crippen molar-refractivity contribution in [2.75, 3.05) is 7.11 Å². The summed E-state index contributed by atoms with van der Waals surface area (Å²) in [7, 11) is 1.70. The highest BCUT2D eigenvalue weighted by Crippen LogP contribution is 2.35. The minimum atomic E-state index is 0.809. The number of methoxy groups -OCH3 is 1. The fourth-order valence-corrected chi connectivity index (χ4v) is 3.33. The summed E-state index contributed by atoms with van der Waals surface area (Å²) in [6.07, 6.45) is 8.40. The van der Waals surface area contributed by atoms with Crippen molar-refractivity contribution in [3.05, 3.63) is 78.1 Å². The lowest BCUT2D eigenvalue weighted by Crippen LogP contribution is -1.96. The number of benzene rings is 2. The molecular weight excluding hydrogens is 304 g/mol. The Labute approximate surface area is 141 Å². The van der Waals surface area contributed by atoms with Crippen molar-refractivity contribution in [2.45, 2.75) is 23.5 Å². The van der Waals surface area contributed by atoms with Crippen molar-refractivity contribution >= 4 is 11.8 Å². The molecule has 3 rings (SSSR count). The van der Waals surface area contributed by atoms with Gasteiger partial charge in [0.1, 0.15) is 17.3 Å². The molecule has 0 atom stereocenters. The van der Waals surface area contributed by atoms with Crippen LogP contribution in [0.2, 0.25) is 0 Å². The van der Waals surface area contributed by atoms with Crippen molar-refractivity contribution in [1.29, 1.82) is 0 Å². The second kappa shape index (κ2) is 7.93. The molecule has 0 bridgehead atoms. The second-order valence-corrected chi connectivity index (χ2v) is 6.29. The Morgan fingerprint density at radius 2 is 1.91 bits per heavy atom. The highest BCUT2D eigenvalue weighted by molar-refractivity contribution is 7.98. The van der Waals surface area contributed by atoms with Gasteiger partial charge in [-0.15, -0.1) is 11.8 Å². The van der Waals surface area contributed by atoms with Crippen LogP contribution in [-0.2, 0) is 5.75 Å². The van der Waals surface area contributed by atoms with Crippen molar-refractivity contribution in [3.8, 4) is 11.5 Å². The van der Waals surface area contributed by atoms with Crippen LogP contribution in [0.5, 0.6) is 11.5 Å². The molecule has 0 aliphatic heterocycles. The number of allylic oxidation sites excluding steroid dienone is 3. The van der Waals surface area contributed by atoms with Gasteiger partial charge < -0.3 is 9.47 Å². The average molecular weight is 324 g/mol. The molecule has 0 N–H and O–H groups in total. The lowest BCUT2D eigenvalue weighted by Gasteiger charge is -2.13. The van der Waals surface area contributed by atoms with E-state index in [4.69, 9.17) is 9.47 Å². The van der Waals surface area contributed by atoms with Crippen LogP contribution in [-0.4, -0.2) is 7.11 Å². The maximum absolute atomic E-state index is 5.90. The number of hydrogen-bond donors (Lipinski definition) is 0. The molecule has 0 saturated carbocycles. The third kappa shape index (κ3) is 4.42. The molecule has 2 aromatic rings. The third-order valence-electron chi connectivity index (χ3n) is 3.57. The minimum Gasteiger partial charge on any atom is -0.495 e. The summed E-state index contributed by atoms with van der Waals surface area (Å²) in [6.45, 7) is 0. The first kappa shape index (κ1) is 15.8. The molecule has 0 saturated heterocycles. The zero-order chi connectivity index (χ0) is 15.9. The monoisotopic (exact) mass is 324 g/mol. The SMILES string of the molecule is COc1cc(OC2=CCCC=C2)ccc1SCc1ccccc1. The van der Waals surface area contributed by atoms with E-state index in [9.17, 15) is 0 Å². The van der Waals surface area contributed by atoms with Gasteiger partial charge in [-0.2, -0.15) is 0 Å². The van der Waals surface area contributed by atoms with E-state index in [1.54, 1.807) is 18.9 Å². The topological polar surface area (TPSA) is 18.5 Å². The zero-order valence-electron chi connectivity index (χ0n) is 13.2. The molecule has 0 heterocycles. The van der Waals surface area contributed by atoms with Crippen LogP contribution in [0.3, 0.4) is 0 Å². The van der Waals surface area contributed by atoms with Gasteiger partial charge in [0.25, 0.3) is 0 Å². The molecule has 0 fully saturated rings. The minimum absolute atomic E-state index is 0.809. The molecule has 1 aliphatic rings. The summed E-state index contributed by atoms with van der Waals surface area (Å²) < 4.78 is 11.4. The maximum atomic E-state index is 5.90. The highest BCUT2D eigenvalue weighted by atomic mass is 32.2. The Balaban J connectivity index is 1.69. The van der Waals surface area contributed by atoms with Gasteiger partial charge in [-0.25, -0.2) is 0 Å². The molecule has 2 aromatic carbocycles. The fraction of sp³-hybridized carbons (Fsp3) is 0.200. The Morgan fingerprint density at radius 3 is 2.65 bits per heavy atom. The Hall–Kier alpha value is -2.13. The number of hydrogen-bond acceptors (Lipinski definition) is 3. The quantitative estimate of drug-likeness (QED) is 0.644. The summed E-state index contributed by atoms with van der Waals surface area (Å²) in [5.74, 6) is 3.49. The lowest BCUT2D eigenvalue weighted by atomic mass is 10.2. The van der Waals surface area contributed by atoms with E-state index < -0.39 is 0 Å². The second-order valence-electron chi connectivity index (χ2n) is 5.28. The van der Waals surface area contributed by atoms with Crippen LogP contribution in [0.1, 0.15) is 18.4 Å². The molecule has 3 heteroatoms. The van der Waals surface area contributed by atoms with Crippen molar-refractivity contribution in [1.82, 2.24) is 0 Å². The molecule has 0 spiro atoms. The number of rotatable bonds is 6. The molecular formula is C20H20O2S. The van der Waals surface area contributed by atoms with Crippen LogP contribution < -0.4 is 9.47 Å². The summed E-state index contributed by atoms with van der Waals surface area (Å²) in [6, 6.07) is 16.5. The standard InChI is InChI=1S/C20H20O2S/c1-21-19-14-18(22-17-10-6-3-7-11-17)12-13-20(19)23-15-16-8-4-2-5-9-16/h2,4-6,8-14H,3,7,15H2,1H3. The van der Waals surface area contributed by atoms with Gasteiger partial charge in [-0.3, -0.25) is 0 Å².